The predicted molar refractivity (Wildman–Crippen MR) is 75.4 cm³/mol. The third kappa shape index (κ3) is 1.92. The molecule has 0 saturated heterocycles. The minimum Gasteiger partial charge on any atom is -0.330 e. The molecule has 3 aromatic rings. The zero-order valence-corrected chi connectivity index (χ0v) is 11.1. The fraction of sp³-hybridized carbons (Fsp3) is 0.286. The van der Waals surface area contributed by atoms with Crippen molar-refractivity contribution in [2.45, 2.75) is 20.3 Å². The van der Waals surface area contributed by atoms with Gasteiger partial charge in [0.25, 0.3) is 0 Å². The number of imidazole rings is 1. The Hall–Kier alpha value is -2.14. The molecule has 0 aliphatic carbocycles. The van der Waals surface area contributed by atoms with Gasteiger partial charge in [0.05, 0.1) is 16.7 Å². The molecule has 3 rings (SSSR count). The third-order valence-corrected chi connectivity index (χ3v) is 3.41. The lowest BCUT2D eigenvalue weighted by Gasteiger charge is -2.00. The molecule has 2 heterocycles. The van der Waals surface area contributed by atoms with Crippen LogP contribution in [0.3, 0.4) is 0 Å². The van der Waals surface area contributed by atoms with Crippen LogP contribution in [0.25, 0.3) is 17.0 Å². The molecule has 2 aromatic heterocycles. The summed E-state index contributed by atoms with van der Waals surface area (Å²) < 4.78 is 1.86. The number of nitrogens with one attached hydrogen (secondary N) is 1. The summed E-state index contributed by atoms with van der Waals surface area (Å²) in [6, 6.07) is 7.97. The molecule has 0 aliphatic rings. The fourth-order valence-corrected chi connectivity index (χ4v) is 2.43. The predicted octanol–water partition coefficient (Wildman–Crippen LogP) is 1.87. The number of hydrogen-bond donors (Lipinski definition) is 2. The monoisotopic (exact) mass is 255 g/mol. The van der Waals surface area contributed by atoms with Crippen molar-refractivity contribution in [2.24, 2.45) is 5.73 Å². The summed E-state index contributed by atoms with van der Waals surface area (Å²) in [7, 11) is 0. The van der Waals surface area contributed by atoms with Crippen LogP contribution in [-0.2, 0) is 6.42 Å². The van der Waals surface area contributed by atoms with Crippen molar-refractivity contribution >= 4 is 11.0 Å². The maximum atomic E-state index is 5.65. The quantitative estimate of drug-likeness (QED) is 0.750. The van der Waals surface area contributed by atoms with Gasteiger partial charge in [0.1, 0.15) is 0 Å². The van der Waals surface area contributed by atoms with E-state index in [1.54, 1.807) is 0 Å². The van der Waals surface area contributed by atoms with Crippen molar-refractivity contribution in [3.63, 3.8) is 0 Å². The van der Waals surface area contributed by atoms with Gasteiger partial charge in [0.15, 0.2) is 0 Å². The molecule has 1 aromatic carbocycles. The van der Waals surface area contributed by atoms with E-state index in [2.05, 4.69) is 22.0 Å². The van der Waals surface area contributed by atoms with E-state index in [1.807, 2.05) is 35.9 Å². The summed E-state index contributed by atoms with van der Waals surface area (Å²) in [4.78, 5) is 7.87. The Kier molecular flexibility index (Phi) is 2.83. The van der Waals surface area contributed by atoms with E-state index in [0.717, 1.165) is 34.8 Å². The Morgan fingerprint density at radius 1 is 1.26 bits per heavy atom. The first-order chi connectivity index (χ1) is 9.20. The highest BCUT2D eigenvalue weighted by Gasteiger charge is 2.14. The van der Waals surface area contributed by atoms with Crippen LogP contribution in [0.4, 0.5) is 0 Å². The molecular formula is C14H17N5. The molecule has 5 nitrogen and oxygen atoms in total. The molecule has 0 fully saturated rings. The molecule has 0 aliphatic heterocycles. The molecule has 0 spiro atoms. The van der Waals surface area contributed by atoms with E-state index < -0.39 is 0 Å². The Bertz CT molecular complexity index is 690. The highest BCUT2D eigenvalue weighted by atomic mass is 15.4. The number of rotatable bonds is 3. The first-order valence-corrected chi connectivity index (χ1v) is 6.41. The van der Waals surface area contributed by atoms with Gasteiger partial charge in [-0.1, -0.05) is 12.1 Å². The van der Waals surface area contributed by atoms with Crippen LogP contribution in [-0.4, -0.2) is 26.3 Å². The molecule has 19 heavy (non-hydrogen) atoms. The Morgan fingerprint density at radius 2 is 2.05 bits per heavy atom. The molecule has 3 N–H and O–H groups in total. The Labute approximate surface area is 111 Å². The smallest absolute Gasteiger partial charge is 0.229 e. The minimum absolute atomic E-state index is 0.632. The van der Waals surface area contributed by atoms with Crippen molar-refractivity contribution in [2.75, 3.05) is 6.54 Å². The van der Waals surface area contributed by atoms with Crippen LogP contribution in [0.5, 0.6) is 0 Å². The standard InChI is InChI=1S/C14H17N5/c1-9-11(7-8-15)10(2)19(18-9)14-16-12-5-3-4-6-13(12)17-14/h3-6H,7-8,15H2,1-2H3,(H,16,17). The van der Waals surface area contributed by atoms with Gasteiger partial charge in [0, 0.05) is 5.69 Å². The molecule has 0 saturated carbocycles. The summed E-state index contributed by atoms with van der Waals surface area (Å²) in [6.07, 6.45) is 0.845. The average Bonchev–Trinajstić information content (AvgIpc) is 2.94. The van der Waals surface area contributed by atoms with Crippen LogP contribution < -0.4 is 5.73 Å². The van der Waals surface area contributed by atoms with Crippen LogP contribution in [0, 0.1) is 13.8 Å². The number of fused-ring (bicyclic) bond motifs is 1. The van der Waals surface area contributed by atoms with Gasteiger partial charge >= 0.3 is 0 Å². The molecule has 0 atom stereocenters. The number of hydrogen-bond acceptors (Lipinski definition) is 3. The van der Waals surface area contributed by atoms with Crippen molar-refractivity contribution < 1.29 is 0 Å². The number of nitrogens with zero attached hydrogens (tertiary/aromatic N) is 3. The summed E-state index contributed by atoms with van der Waals surface area (Å²) in [5.41, 5.74) is 10.9. The lowest BCUT2D eigenvalue weighted by molar-refractivity contribution is 0.789. The number of aryl methyl sites for hydroxylation is 1. The summed E-state index contributed by atoms with van der Waals surface area (Å²) in [5.74, 6) is 0.755. The van der Waals surface area contributed by atoms with E-state index in [0.29, 0.717) is 6.54 Å². The van der Waals surface area contributed by atoms with E-state index in [1.165, 1.54) is 5.56 Å². The van der Waals surface area contributed by atoms with Crippen LogP contribution >= 0.6 is 0 Å². The Balaban J connectivity index is 2.13. The highest BCUT2D eigenvalue weighted by Crippen LogP contribution is 2.19. The van der Waals surface area contributed by atoms with Gasteiger partial charge in [-0.2, -0.15) is 5.10 Å². The van der Waals surface area contributed by atoms with Gasteiger partial charge in [-0.3, -0.25) is 0 Å². The number of aromatic amines is 1. The van der Waals surface area contributed by atoms with E-state index >= 15 is 0 Å². The van der Waals surface area contributed by atoms with Crippen molar-refractivity contribution in [3.8, 4) is 5.95 Å². The molecular weight excluding hydrogens is 238 g/mol. The number of nitrogens with two attached hydrogens (primary N) is 1. The topological polar surface area (TPSA) is 72.5 Å². The number of benzene rings is 1. The molecule has 98 valence electrons. The van der Waals surface area contributed by atoms with Gasteiger partial charge in [0.2, 0.25) is 5.95 Å². The number of para-hydroxylation sites is 2. The van der Waals surface area contributed by atoms with Crippen LogP contribution in [0.15, 0.2) is 24.3 Å². The van der Waals surface area contributed by atoms with Crippen LogP contribution in [0.2, 0.25) is 0 Å². The van der Waals surface area contributed by atoms with Crippen molar-refractivity contribution in [1.29, 1.82) is 0 Å². The summed E-state index contributed by atoms with van der Waals surface area (Å²) >= 11 is 0. The SMILES string of the molecule is Cc1nn(-c2nc3ccccc3[nH]2)c(C)c1CCN. The number of H-pyrrole nitrogens is 1. The lowest BCUT2D eigenvalue weighted by Crippen LogP contribution is -2.05. The summed E-state index contributed by atoms with van der Waals surface area (Å²) in [5, 5.41) is 4.56. The fourth-order valence-electron chi connectivity index (χ4n) is 2.43. The minimum atomic E-state index is 0.632. The van der Waals surface area contributed by atoms with Crippen molar-refractivity contribution in [1.82, 2.24) is 19.7 Å². The first kappa shape index (κ1) is 11.9. The van der Waals surface area contributed by atoms with Crippen molar-refractivity contribution in [3.05, 3.63) is 41.2 Å². The highest BCUT2D eigenvalue weighted by molar-refractivity contribution is 5.75. The second kappa shape index (κ2) is 4.51. The Morgan fingerprint density at radius 3 is 2.79 bits per heavy atom. The second-order valence-corrected chi connectivity index (χ2v) is 4.68. The zero-order valence-electron chi connectivity index (χ0n) is 11.1. The van der Waals surface area contributed by atoms with Gasteiger partial charge < -0.3 is 10.7 Å². The average molecular weight is 255 g/mol. The molecule has 0 bridgehead atoms. The molecule has 5 heteroatoms. The van der Waals surface area contributed by atoms with E-state index in [4.69, 9.17) is 5.73 Å². The first-order valence-electron chi connectivity index (χ1n) is 6.41. The lowest BCUT2D eigenvalue weighted by atomic mass is 10.1. The second-order valence-electron chi connectivity index (χ2n) is 4.68. The maximum absolute atomic E-state index is 5.65. The third-order valence-electron chi connectivity index (χ3n) is 3.41. The molecule has 0 radical (unpaired) electrons. The van der Waals surface area contributed by atoms with Crippen LogP contribution in [0.1, 0.15) is 17.0 Å². The molecule has 0 unspecified atom stereocenters. The largest absolute Gasteiger partial charge is 0.330 e. The summed E-state index contributed by atoms with van der Waals surface area (Å²) in [6.45, 7) is 4.70. The molecule has 0 amide bonds. The van der Waals surface area contributed by atoms with Gasteiger partial charge in [-0.05, 0) is 44.5 Å². The van der Waals surface area contributed by atoms with E-state index in [-0.39, 0.29) is 0 Å². The normalized spacial score (nSPS) is 11.3. The maximum Gasteiger partial charge on any atom is 0.229 e. The van der Waals surface area contributed by atoms with Gasteiger partial charge in [-0.25, -0.2) is 9.67 Å². The van der Waals surface area contributed by atoms with Gasteiger partial charge in [-0.15, -0.1) is 0 Å². The number of aromatic nitrogens is 4. The van der Waals surface area contributed by atoms with E-state index in [9.17, 15) is 0 Å². The zero-order chi connectivity index (χ0) is 13.4.